The summed E-state index contributed by atoms with van der Waals surface area (Å²) in [6.07, 6.45) is 0. The zero-order chi connectivity index (χ0) is 16.1. The summed E-state index contributed by atoms with van der Waals surface area (Å²) in [6, 6.07) is 11.8. The first kappa shape index (κ1) is 16.9. The minimum atomic E-state index is 0.172. The molecular formula is C17H19Cl2NO2. The average Bonchev–Trinajstić information content (AvgIpc) is 2.51. The van der Waals surface area contributed by atoms with Gasteiger partial charge < -0.3 is 14.8 Å². The Labute approximate surface area is 141 Å². The van der Waals surface area contributed by atoms with Crippen LogP contribution >= 0.6 is 23.2 Å². The van der Waals surface area contributed by atoms with Gasteiger partial charge in [-0.1, -0.05) is 35.3 Å². The van der Waals surface area contributed by atoms with Crippen LogP contribution in [0.4, 0.5) is 0 Å². The van der Waals surface area contributed by atoms with Crippen LogP contribution in [0.15, 0.2) is 36.4 Å². The second-order valence-corrected chi connectivity index (χ2v) is 5.81. The molecule has 0 saturated carbocycles. The Kier molecular flexibility index (Phi) is 5.95. The van der Waals surface area contributed by atoms with Gasteiger partial charge in [0.05, 0.1) is 19.2 Å². The molecule has 0 aliphatic heterocycles. The van der Waals surface area contributed by atoms with Crippen molar-refractivity contribution >= 4 is 23.2 Å². The molecule has 0 spiro atoms. The molecule has 0 radical (unpaired) electrons. The van der Waals surface area contributed by atoms with E-state index in [1.807, 2.05) is 36.4 Å². The lowest BCUT2D eigenvalue weighted by Gasteiger charge is -2.16. The molecule has 0 aliphatic carbocycles. The van der Waals surface area contributed by atoms with Crippen LogP contribution in [-0.4, -0.2) is 14.2 Å². The maximum absolute atomic E-state index is 6.22. The van der Waals surface area contributed by atoms with E-state index in [0.717, 1.165) is 16.1 Å². The van der Waals surface area contributed by atoms with Crippen molar-refractivity contribution in [2.75, 3.05) is 14.2 Å². The Hall–Kier alpha value is -1.42. The predicted octanol–water partition coefficient (Wildman–Crippen LogP) is 4.86. The van der Waals surface area contributed by atoms with Crippen molar-refractivity contribution in [3.63, 3.8) is 0 Å². The Morgan fingerprint density at radius 3 is 2.50 bits per heavy atom. The molecule has 118 valence electrons. The number of methoxy groups -OCH3 is 2. The first-order chi connectivity index (χ1) is 10.5. The van der Waals surface area contributed by atoms with E-state index in [1.54, 1.807) is 14.2 Å². The van der Waals surface area contributed by atoms with Crippen molar-refractivity contribution in [3.8, 4) is 11.5 Å². The van der Waals surface area contributed by atoms with Gasteiger partial charge in [-0.2, -0.15) is 0 Å². The molecule has 2 aromatic rings. The topological polar surface area (TPSA) is 30.5 Å². The molecule has 0 saturated heterocycles. The number of hydrogen-bond acceptors (Lipinski definition) is 3. The highest BCUT2D eigenvalue weighted by atomic mass is 35.5. The normalized spacial score (nSPS) is 12.0. The molecule has 1 N–H and O–H groups in total. The fraction of sp³-hybridized carbons (Fsp3) is 0.294. The van der Waals surface area contributed by atoms with E-state index < -0.39 is 0 Å². The first-order valence-electron chi connectivity index (χ1n) is 6.94. The van der Waals surface area contributed by atoms with Crippen molar-refractivity contribution in [2.24, 2.45) is 0 Å². The van der Waals surface area contributed by atoms with Gasteiger partial charge in [0.15, 0.2) is 11.5 Å². The largest absolute Gasteiger partial charge is 0.493 e. The van der Waals surface area contributed by atoms with E-state index in [0.29, 0.717) is 23.1 Å². The number of hydrogen-bond donors (Lipinski definition) is 1. The molecule has 0 heterocycles. The van der Waals surface area contributed by atoms with Gasteiger partial charge in [-0.15, -0.1) is 0 Å². The van der Waals surface area contributed by atoms with E-state index in [4.69, 9.17) is 32.7 Å². The number of nitrogens with one attached hydrogen (secondary N) is 1. The smallest absolute Gasteiger partial charge is 0.179 e. The zero-order valence-corrected chi connectivity index (χ0v) is 14.3. The third-order valence-electron chi connectivity index (χ3n) is 3.45. The fourth-order valence-electron chi connectivity index (χ4n) is 2.24. The molecule has 0 fully saturated rings. The van der Waals surface area contributed by atoms with Crippen LogP contribution < -0.4 is 14.8 Å². The highest BCUT2D eigenvalue weighted by Crippen LogP contribution is 2.36. The van der Waals surface area contributed by atoms with Crippen molar-refractivity contribution in [2.45, 2.75) is 19.5 Å². The molecule has 0 unspecified atom stereocenters. The second-order valence-electron chi connectivity index (χ2n) is 4.97. The van der Waals surface area contributed by atoms with E-state index in [-0.39, 0.29) is 6.04 Å². The molecule has 5 heteroatoms. The summed E-state index contributed by atoms with van der Waals surface area (Å²) in [5, 5.41) is 4.72. The quantitative estimate of drug-likeness (QED) is 0.814. The number of rotatable bonds is 6. The molecule has 0 aliphatic rings. The van der Waals surface area contributed by atoms with Gasteiger partial charge >= 0.3 is 0 Å². The Morgan fingerprint density at radius 1 is 1.09 bits per heavy atom. The van der Waals surface area contributed by atoms with E-state index in [1.165, 1.54) is 0 Å². The maximum Gasteiger partial charge on any atom is 0.179 e. The average molecular weight is 340 g/mol. The van der Waals surface area contributed by atoms with Gasteiger partial charge in [0.25, 0.3) is 0 Å². The van der Waals surface area contributed by atoms with Crippen LogP contribution in [-0.2, 0) is 6.54 Å². The number of halogens is 2. The molecule has 0 bridgehead atoms. The van der Waals surface area contributed by atoms with Gasteiger partial charge in [0.2, 0.25) is 0 Å². The highest BCUT2D eigenvalue weighted by molar-refractivity contribution is 6.32. The number of ether oxygens (including phenoxy) is 2. The third kappa shape index (κ3) is 4.07. The molecule has 2 rings (SSSR count). The molecule has 0 amide bonds. The lowest BCUT2D eigenvalue weighted by atomic mass is 10.1. The summed E-state index contributed by atoms with van der Waals surface area (Å²) in [5.41, 5.74) is 2.16. The molecule has 3 nitrogen and oxygen atoms in total. The predicted molar refractivity (Wildman–Crippen MR) is 91.3 cm³/mol. The fourth-order valence-corrected chi connectivity index (χ4v) is 2.75. The monoisotopic (exact) mass is 339 g/mol. The van der Waals surface area contributed by atoms with Crippen LogP contribution in [0.25, 0.3) is 0 Å². The summed E-state index contributed by atoms with van der Waals surface area (Å²) in [4.78, 5) is 0. The van der Waals surface area contributed by atoms with Gasteiger partial charge in [-0.05, 0) is 42.3 Å². The SMILES string of the molecule is COc1cc(CN[C@H](C)c2cccc(Cl)c2)cc(Cl)c1OC. The Bertz CT molecular complexity index is 647. The number of benzene rings is 2. The second kappa shape index (κ2) is 7.73. The lowest BCUT2D eigenvalue weighted by Crippen LogP contribution is -2.18. The minimum Gasteiger partial charge on any atom is -0.493 e. The van der Waals surface area contributed by atoms with E-state index in [9.17, 15) is 0 Å². The van der Waals surface area contributed by atoms with Gasteiger partial charge in [-0.3, -0.25) is 0 Å². The summed E-state index contributed by atoms with van der Waals surface area (Å²) < 4.78 is 10.5. The van der Waals surface area contributed by atoms with Crippen molar-refractivity contribution in [1.29, 1.82) is 0 Å². The van der Waals surface area contributed by atoms with Gasteiger partial charge in [-0.25, -0.2) is 0 Å². The summed E-state index contributed by atoms with van der Waals surface area (Å²) >= 11 is 12.2. The van der Waals surface area contributed by atoms with Crippen LogP contribution in [0.5, 0.6) is 11.5 Å². The standard InChI is InChI=1S/C17H19Cl2NO2/c1-11(13-5-4-6-14(18)9-13)20-10-12-7-15(19)17(22-3)16(8-12)21-2/h4-9,11,20H,10H2,1-3H3/t11-/m1/s1. The summed E-state index contributed by atoms with van der Waals surface area (Å²) in [6.45, 7) is 2.75. The van der Waals surface area contributed by atoms with Gasteiger partial charge in [0.1, 0.15) is 0 Å². The van der Waals surface area contributed by atoms with E-state index in [2.05, 4.69) is 12.2 Å². The van der Waals surface area contributed by atoms with Crippen molar-refractivity contribution < 1.29 is 9.47 Å². The minimum absolute atomic E-state index is 0.172. The third-order valence-corrected chi connectivity index (χ3v) is 3.97. The summed E-state index contributed by atoms with van der Waals surface area (Å²) in [5.74, 6) is 1.18. The van der Waals surface area contributed by atoms with Crippen LogP contribution in [0.3, 0.4) is 0 Å². The van der Waals surface area contributed by atoms with Crippen LogP contribution in [0, 0.1) is 0 Å². The Morgan fingerprint density at radius 2 is 1.86 bits per heavy atom. The molecule has 22 heavy (non-hydrogen) atoms. The van der Waals surface area contributed by atoms with Crippen LogP contribution in [0.2, 0.25) is 10.0 Å². The highest BCUT2D eigenvalue weighted by Gasteiger charge is 2.12. The lowest BCUT2D eigenvalue weighted by molar-refractivity contribution is 0.354. The van der Waals surface area contributed by atoms with E-state index >= 15 is 0 Å². The first-order valence-corrected chi connectivity index (χ1v) is 7.70. The van der Waals surface area contributed by atoms with Crippen molar-refractivity contribution in [1.82, 2.24) is 5.32 Å². The molecular weight excluding hydrogens is 321 g/mol. The molecule has 2 aromatic carbocycles. The maximum atomic E-state index is 6.22. The molecule has 1 atom stereocenters. The summed E-state index contributed by atoms with van der Waals surface area (Å²) in [7, 11) is 3.17. The zero-order valence-electron chi connectivity index (χ0n) is 12.8. The van der Waals surface area contributed by atoms with Crippen LogP contribution in [0.1, 0.15) is 24.1 Å². The molecule has 0 aromatic heterocycles. The van der Waals surface area contributed by atoms with Gasteiger partial charge in [0, 0.05) is 17.6 Å². The van der Waals surface area contributed by atoms with Crippen molar-refractivity contribution in [3.05, 3.63) is 57.6 Å². The Balaban J connectivity index is 2.10.